The molecule has 0 amide bonds. The molecule has 2 rings (SSSR count). The lowest BCUT2D eigenvalue weighted by Crippen LogP contribution is -2.10. The number of aromatic nitrogens is 1. The first-order valence-corrected chi connectivity index (χ1v) is 6.97. The molecule has 18 heavy (non-hydrogen) atoms. The summed E-state index contributed by atoms with van der Waals surface area (Å²) in [4.78, 5) is 5.47. The largest absolute Gasteiger partial charge is 0.312 e. The molecule has 2 nitrogen and oxygen atoms in total. The molecule has 0 saturated heterocycles. The molecule has 0 aliphatic carbocycles. The van der Waals surface area contributed by atoms with Gasteiger partial charge in [-0.2, -0.15) is 0 Å². The van der Waals surface area contributed by atoms with E-state index in [1.54, 1.807) is 29.5 Å². The maximum Gasteiger partial charge on any atom is 0.145 e. The van der Waals surface area contributed by atoms with Gasteiger partial charge in [0.1, 0.15) is 5.82 Å². The molecule has 0 unspecified atom stereocenters. The quantitative estimate of drug-likeness (QED) is 0.907. The van der Waals surface area contributed by atoms with Crippen LogP contribution in [0.2, 0.25) is 5.02 Å². The van der Waals surface area contributed by atoms with Crippen LogP contribution in [0.5, 0.6) is 0 Å². The lowest BCUT2D eigenvalue weighted by atomic mass is 10.1. The highest BCUT2D eigenvalue weighted by Gasteiger charge is 2.09. The van der Waals surface area contributed by atoms with Gasteiger partial charge in [0.2, 0.25) is 0 Å². The van der Waals surface area contributed by atoms with Crippen molar-refractivity contribution in [3.8, 4) is 0 Å². The number of nitrogens with one attached hydrogen (secondary N) is 1. The summed E-state index contributed by atoms with van der Waals surface area (Å²) in [7, 11) is 0. The number of thiazole rings is 1. The third-order valence-electron chi connectivity index (χ3n) is 2.52. The Morgan fingerprint density at radius 3 is 3.06 bits per heavy atom. The lowest BCUT2D eigenvalue weighted by Gasteiger charge is -2.01. The first-order chi connectivity index (χ1) is 8.70. The van der Waals surface area contributed by atoms with E-state index in [-0.39, 0.29) is 10.8 Å². The van der Waals surface area contributed by atoms with Gasteiger partial charge < -0.3 is 5.32 Å². The van der Waals surface area contributed by atoms with Gasteiger partial charge in [-0.1, -0.05) is 30.7 Å². The molecule has 0 radical (unpaired) electrons. The minimum atomic E-state index is -0.345. The van der Waals surface area contributed by atoms with Crippen molar-refractivity contribution in [2.24, 2.45) is 0 Å². The van der Waals surface area contributed by atoms with Crippen molar-refractivity contribution in [2.75, 3.05) is 6.54 Å². The van der Waals surface area contributed by atoms with Crippen LogP contribution >= 0.6 is 22.9 Å². The third-order valence-corrected chi connectivity index (χ3v) is 3.81. The summed E-state index contributed by atoms with van der Waals surface area (Å²) in [5.41, 5.74) is 0.590. The van der Waals surface area contributed by atoms with Crippen molar-refractivity contribution < 1.29 is 4.39 Å². The predicted octanol–water partition coefficient (Wildman–Crippen LogP) is 3.64. The van der Waals surface area contributed by atoms with Crippen molar-refractivity contribution in [3.63, 3.8) is 0 Å². The molecule has 2 aromatic rings. The first kappa shape index (κ1) is 13.5. The van der Waals surface area contributed by atoms with Crippen molar-refractivity contribution in [1.82, 2.24) is 10.3 Å². The van der Waals surface area contributed by atoms with Crippen LogP contribution in [0.4, 0.5) is 4.39 Å². The van der Waals surface area contributed by atoms with Crippen molar-refractivity contribution in [2.45, 2.75) is 19.9 Å². The summed E-state index contributed by atoms with van der Waals surface area (Å²) in [6.45, 7) is 3.80. The summed E-state index contributed by atoms with van der Waals surface area (Å²) < 4.78 is 13.7. The van der Waals surface area contributed by atoms with Gasteiger partial charge in [0.15, 0.2) is 0 Å². The van der Waals surface area contributed by atoms with Gasteiger partial charge in [-0.15, -0.1) is 11.3 Å². The Morgan fingerprint density at radius 2 is 2.28 bits per heavy atom. The Morgan fingerprint density at radius 1 is 1.44 bits per heavy atom. The number of halogens is 2. The molecular formula is C13H14ClFN2S. The van der Waals surface area contributed by atoms with E-state index in [0.717, 1.165) is 23.0 Å². The third kappa shape index (κ3) is 3.28. The van der Waals surface area contributed by atoms with Crippen LogP contribution in [0, 0.1) is 5.82 Å². The molecule has 0 atom stereocenters. The van der Waals surface area contributed by atoms with Gasteiger partial charge in [-0.25, -0.2) is 9.37 Å². The van der Waals surface area contributed by atoms with Gasteiger partial charge in [0.25, 0.3) is 0 Å². The molecule has 0 aliphatic heterocycles. The van der Waals surface area contributed by atoms with E-state index in [2.05, 4.69) is 17.2 Å². The van der Waals surface area contributed by atoms with Crippen LogP contribution in [0.15, 0.2) is 24.4 Å². The smallest absolute Gasteiger partial charge is 0.145 e. The molecular weight excluding hydrogens is 271 g/mol. The number of hydrogen-bond acceptors (Lipinski definition) is 3. The average molecular weight is 285 g/mol. The average Bonchev–Trinajstić information content (AvgIpc) is 2.80. The Hall–Kier alpha value is -0.970. The van der Waals surface area contributed by atoms with E-state index in [9.17, 15) is 4.39 Å². The molecule has 0 fully saturated rings. The number of benzene rings is 1. The first-order valence-electron chi connectivity index (χ1n) is 5.78. The number of nitrogens with zero attached hydrogens (tertiary/aromatic N) is 1. The number of hydrogen-bond donors (Lipinski definition) is 1. The van der Waals surface area contributed by atoms with Crippen LogP contribution < -0.4 is 5.32 Å². The van der Waals surface area contributed by atoms with Gasteiger partial charge >= 0.3 is 0 Å². The van der Waals surface area contributed by atoms with Gasteiger partial charge in [-0.3, -0.25) is 0 Å². The fraction of sp³-hybridized carbons (Fsp3) is 0.308. The van der Waals surface area contributed by atoms with Crippen LogP contribution in [0.1, 0.15) is 22.4 Å². The van der Waals surface area contributed by atoms with E-state index in [1.165, 1.54) is 0 Å². The summed E-state index contributed by atoms with van der Waals surface area (Å²) in [5, 5.41) is 4.31. The second-order valence-electron chi connectivity index (χ2n) is 3.89. The molecule has 5 heteroatoms. The second kappa shape index (κ2) is 6.27. The standard InChI is InChI=1S/C13H14ClFN2S/c1-2-16-7-10-8-17-12(18-10)6-9-4-3-5-11(14)13(9)15/h3-5,8,16H,2,6-7H2,1H3. The summed E-state index contributed by atoms with van der Waals surface area (Å²) in [5.74, 6) is -0.345. The molecule has 1 aromatic heterocycles. The minimum Gasteiger partial charge on any atom is -0.312 e. The van der Waals surface area contributed by atoms with Gasteiger partial charge in [-0.05, 0) is 18.2 Å². The van der Waals surface area contributed by atoms with E-state index in [4.69, 9.17) is 11.6 Å². The summed E-state index contributed by atoms with van der Waals surface area (Å²) >= 11 is 7.35. The molecule has 0 aliphatic rings. The predicted molar refractivity (Wildman–Crippen MR) is 73.7 cm³/mol. The van der Waals surface area contributed by atoms with Gasteiger partial charge in [0, 0.05) is 24.0 Å². The van der Waals surface area contributed by atoms with Crippen molar-refractivity contribution in [1.29, 1.82) is 0 Å². The second-order valence-corrected chi connectivity index (χ2v) is 5.50. The molecule has 0 saturated carbocycles. The van der Waals surface area contributed by atoms with E-state index >= 15 is 0 Å². The Balaban J connectivity index is 2.09. The van der Waals surface area contributed by atoms with E-state index in [0.29, 0.717) is 12.0 Å². The van der Waals surface area contributed by atoms with E-state index in [1.807, 2.05) is 6.20 Å². The van der Waals surface area contributed by atoms with Crippen molar-refractivity contribution >= 4 is 22.9 Å². The van der Waals surface area contributed by atoms with E-state index < -0.39 is 0 Å². The fourth-order valence-corrected chi connectivity index (χ4v) is 2.72. The zero-order valence-corrected chi connectivity index (χ0v) is 11.6. The highest BCUT2D eigenvalue weighted by atomic mass is 35.5. The van der Waals surface area contributed by atoms with Gasteiger partial charge in [0.05, 0.1) is 10.0 Å². The maximum atomic E-state index is 13.7. The minimum absolute atomic E-state index is 0.164. The Bertz CT molecular complexity index is 527. The summed E-state index contributed by atoms with van der Waals surface area (Å²) in [6, 6.07) is 5.05. The summed E-state index contributed by atoms with van der Waals surface area (Å²) in [6.07, 6.45) is 2.33. The molecule has 1 aromatic carbocycles. The lowest BCUT2D eigenvalue weighted by molar-refractivity contribution is 0.614. The molecule has 0 bridgehead atoms. The highest BCUT2D eigenvalue weighted by Crippen LogP contribution is 2.22. The zero-order valence-electron chi connectivity index (χ0n) is 10.0. The maximum absolute atomic E-state index is 13.7. The Kier molecular flexibility index (Phi) is 4.69. The SMILES string of the molecule is CCNCc1cnc(Cc2cccc(Cl)c2F)s1. The molecule has 1 N–H and O–H groups in total. The fourth-order valence-electron chi connectivity index (χ4n) is 1.61. The van der Waals surface area contributed by atoms with Crippen LogP contribution in [0.3, 0.4) is 0 Å². The molecule has 0 spiro atoms. The number of rotatable bonds is 5. The molecule has 1 heterocycles. The van der Waals surface area contributed by atoms with Crippen LogP contribution in [0.25, 0.3) is 0 Å². The monoisotopic (exact) mass is 284 g/mol. The van der Waals surface area contributed by atoms with Crippen molar-refractivity contribution in [3.05, 3.63) is 50.7 Å². The molecule has 96 valence electrons. The van der Waals surface area contributed by atoms with Crippen LogP contribution in [-0.4, -0.2) is 11.5 Å². The topological polar surface area (TPSA) is 24.9 Å². The highest BCUT2D eigenvalue weighted by molar-refractivity contribution is 7.11. The van der Waals surface area contributed by atoms with Crippen LogP contribution in [-0.2, 0) is 13.0 Å². The normalized spacial score (nSPS) is 10.8. The zero-order chi connectivity index (χ0) is 13.0. The Labute approximate surface area is 115 Å².